The summed E-state index contributed by atoms with van der Waals surface area (Å²) in [6.45, 7) is 0.657. The first-order valence-electron chi connectivity index (χ1n) is 6.78. The minimum Gasteiger partial charge on any atom is -0.453 e. The van der Waals surface area contributed by atoms with Gasteiger partial charge in [-0.1, -0.05) is 30.3 Å². The zero-order valence-corrected chi connectivity index (χ0v) is 12.2. The molecule has 6 heteroatoms. The molecule has 1 aromatic carbocycles. The Bertz CT molecular complexity index is 644. The number of pyridine rings is 1. The molecule has 0 saturated heterocycles. The van der Waals surface area contributed by atoms with Crippen LogP contribution in [0.1, 0.15) is 21.6 Å². The van der Waals surface area contributed by atoms with Crippen molar-refractivity contribution in [3.05, 3.63) is 65.5 Å². The highest BCUT2D eigenvalue weighted by atomic mass is 16.5. The highest BCUT2D eigenvalue weighted by molar-refractivity contribution is 5.94. The predicted molar refractivity (Wildman–Crippen MR) is 81.1 cm³/mol. The van der Waals surface area contributed by atoms with E-state index >= 15 is 0 Å². The summed E-state index contributed by atoms with van der Waals surface area (Å²) in [5, 5.41) is 5.36. The molecule has 0 fully saturated rings. The average Bonchev–Trinajstić information content (AvgIpc) is 2.58. The molecule has 0 unspecified atom stereocenters. The number of methoxy groups -OCH3 is 1. The summed E-state index contributed by atoms with van der Waals surface area (Å²) in [6.07, 6.45) is 0.992. The fourth-order valence-corrected chi connectivity index (χ4v) is 1.83. The number of nitrogens with one attached hydrogen (secondary N) is 2. The average molecular weight is 299 g/mol. The van der Waals surface area contributed by atoms with Gasteiger partial charge in [-0.15, -0.1) is 0 Å². The minimum atomic E-state index is -0.541. The molecule has 2 N–H and O–H groups in total. The molecule has 1 heterocycles. The summed E-state index contributed by atoms with van der Waals surface area (Å²) in [5.41, 5.74) is 2.10. The first-order valence-corrected chi connectivity index (χ1v) is 6.78. The van der Waals surface area contributed by atoms with Crippen molar-refractivity contribution in [3.63, 3.8) is 0 Å². The van der Waals surface area contributed by atoms with E-state index in [9.17, 15) is 9.59 Å². The molecule has 114 valence electrons. The molecule has 22 heavy (non-hydrogen) atoms. The van der Waals surface area contributed by atoms with Gasteiger partial charge in [0.05, 0.1) is 19.3 Å². The van der Waals surface area contributed by atoms with Gasteiger partial charge in [0.15, 0.2) is 0 Å². The quantitative estimate of drug-likeness (QED) is 0.883. The molecule has 0 bridgehead atoms. The Balaban J connectivity index is 1.93. The molecule has 2 amide bonds. The van der Waals surface area contributed by atoms with Gasteiger partial charge in [0.2, 0.25) is 0 Å². The van der Waals surface area contributed by atoms with Crippen molar-refractivity contribution < 1.29 is 14.3 Å². The van der Waals surface area contributed by atoms with Crippen LogP contribution in [0.3, 0.4) is 0 Å². The van der Waals surface area contributed by atoms with Crippen molar-refractivity contribution >= 4 is 12.0 Å². The highest BCUT2D eigenvalue weighted by Crippen LogP contribution is 2.03. The number of carbonyl (C=O) groups excluding carboxylic acids is 2. The van der Waals surface area contributed by atoms with Gasteiger partial charge < -0.3 is 15.4 Å². The zero-order chi connectivity index (χ0) is 15.8. The largest absolute Gasteiger partial charge is 0.453 e. The number of rotatable bonds is 5. The zero-order valence-electron chi connectivity index (χ0n) is 12.2. The van der Waals surface area contributed by atoms with Crippen LogP contribution >= 0.6 is 0 Å². The summed E-state index contributed by atoms with van der Waals surface area (Å²) >= 11 is 0. The molecule has 0 aliphatic carbocycles. The number of alkyl carbamates (subject to hydrolysis) is 1. The van der Waals surface area contributed by atoms with Crippen molar-refractivity contribution in [1.29, 1.82) is 0 Å². The Morgan fingerprint density at radius 3 is 2.59 bits per heavy atom. The number of hydrogen-bond acceptors (Lipinski definition) is 4. The van der Waals surface area contributed by atoms with E-state index in [1.165, 1.54) is 13.3 Å². The standard InChI is InChI=1S/C16H17N3O3/c1-22-16(21)19-11-14-9-13(7-8-17-14)15(20)18-10-12-5-3-2-4-6-12/h2-9H,10-11H2,1H3,(H,18,20)(H,19,21). The Labute approximate surface area is 128 Å². The lowest BCUT2D eigenvalue weighted by Gasteiger charge is -2.07. The predicted octanol–water partition coefficient (Wildman–Crippen LogP) is 1.87. The Kier molecular flexibility index (Phi) is 5.48. The number of ether oxygens (including phenoxy) is 1. The van der Waals surface area contributed by atoms with E-state index in [2.05, 4.69) is 20.4 Å². The van der Waals surface area contributed by atoms with Crippen molar-refractivity contribution in [2.75, 3.05) is 7.11 Å². The smallest absolute Gasteiger partial charge is 0.407 e. The first kappa shape index (κ1) is 15.5. The molecule has 0 saturated carbocycles. The summed E-state index contributed by atoms with van der Waals surface area (Å²) in [4.78, 5) is 27.2. The lowest BCUT2D eigenvalue weighted by molar-refractivity contribution is 0.0950. The topological polar surface area (TPSA) is 80.3 Å². The summed E-state index contributed by atoms with van der Waals surface area (Å²) < 4.78 is 4.48. The molecule has 0 radical (unpaired) electrons. The number of hydrogen-bond donors (Lipinski definition) is 2. The van der Waals surface area contributed by atoms with Crippen LogP contribution in [-0.2, 0) is 17.8 Å². The van der Waals surface area contributed by atoms with Gasteiger partial charge in [-0.2, -0.15) is 0 Å². The summed E-state index contributed by atoms with van der Waals surface area (Å²) in [6, 6.07) is 12.9. The molecule has 2 aromatic rings. The maximum Gasteiger partial charge on any atom is 0.407 e. The number of nitrogens with zero attached hydrogens (tertiary/aromatic N) is 1. The van der Waals surface area contributed by atoms with Crippen molar-refractivity contribution in [1.82, 2.24) is 15.6 Å². The maximum atomic E-state index is 12.1. The molecule has 0 spiro atoms. The van der Waals surface area contributed by atoms with E-state index in [0.29, 0.717) is 17.8 Å². The van der Waals surface area contributed by atoms with E-state index < -0.39 is 6.09 Å². The van der Waals surface area contributed by atoms with E-state index in [1.807, 2.05) is 30.3 Å². The van der Waals surface area contributed by atoms with Crippen molar-refractivity contribution in [2.24, 2.45) is 0 Å². The van der Waals surface area contributed by atoms with Gasteiger partial charge in [0, 0.05) is 18.3 Å². The lowest BCUT2D eigenvalue weighted by Crippen LogP contribution is -2.25. The molecule has 6 nitrogen and oxygen atoms in total. The number of aromatic nitrogens is 1. The van der Waals surface area contributed by atoms with Crippen LogP contribution in [0.25, 0.3) is 0 Å². The lowest BCUT2D eigenvalue weighted by atomic mass is 10.2. The summed E-state index contributed by atoms with van der Waals surface area (Å²) in [5.74, 6) is -0.189. The van der Waals surface area contributed by atoms with E-state index in [-0.39, 0.29) is 12.5 Å². The Morgan fingerprint density at radius 2 is 1.86 bits per heavy atom. The fourth-order valence-electron chi connectivity index (χ4n) is 1.83. The van der Waals surface area contributed by atoms with Crippen LogP contribution in [0.15, 0.2) is 48.7 Å². The fraction of sp³-hybridized carbons (Fsp3) is 0.188. The number of amides is 2. The van der Waals surface area contributed by atoms with Gasteiger partial charge in [0.25, 0.3) is 5.91 Å². The molecular formula is C16H17N3O3. The molecule has 1 aromatic heterocycles. The third-order valence-corrected chi connectivity index (χ3v) is 2.97. The minimum absolute atomic E-state index is 0.189. The monoisotopic (exact) mass is 299 g/mol. The summed E-state index contributed by atoms with van der Waals surface area (Å²) in [7, 11) is 1.29. The van der Waals surface area contributed by atoms with Gasteiger partial charge in [-0.25, -0.2) is 4.79 Å². The van der Waals surface area contributed by atoms with Crippen LogP contribution < -0.4 is 10.6 Å². The molecule has 0 aliphatic rings. The van der Waals surface area contributed by atoms with Crippen LogP contribution in [-0.4, -0.2) is 24.1 Å². The Hall–Kier alpha value is -2.89. The first-order chi connectivity index (χ1) is 10.7. The Morgan fingerprint density at radius 1 is 1.09 bits per heavy atom. The van der Waals surface area contributed by atoms with E-state index in [1.54, 1.807) is 12.1 Å². The third-order valence-electron chi connectivity index (χ3n) is 2.97. The molecule has 0 atom stereocenters. The van der Waals surface area contributed by atoms with Crippen LogP contribution in [0.4, 0.5) is 4.79 Å². The molecule has 2 rings (SSSR count). The second kappa shape index (κ2) is 7.78. The second-order valence-corrected chi connectivity index (χ2v) is 4.55. The van der Waals surface area contributed by atoms with Crippen molar-refractivity contribution in [2.45, 2.75) is 13.1 Å². The third kappa shape index (κ3) is 4.59. The van der Waals surface area contributed by atoms with Crippen LogP contribution in [0.2, 0.25) is 0 Å². The second-order valence-electron chi connectivity index (χ2n) is 4.55. The van der Waals surface area contributed by atoms with Gasteiger partial charge in [-0.3, -0.25) is 9.78 Å². The van der Waals surface area contributed by atoms with Crippen molar-refractivity contribution in [3.8, 4) is 0 Å². The van der Waals surface area contributed by atoms with Gasteiger partial charge >= 0.3 is 6.09 Å². The molecular weight excluding hydrogens is 282 g/mol. The number of carbonyl (C=O) groups is 2. The van der Waals surface area contributed by atoms with Gasteiger partial charge in [-0.05, 0) is 17.7 Å². The normalized spacial score (nSPS) is 9.86. The van der Waals surface area contributed by atoms with E-state index in [0.717, 1.165) is 5.56 Å². The van der Waals surface area contributed by atoms with Crippen LogP contribution in [0, 0.1) is 0 Å². The van der Waals surface area contributed by atoms with Crippen LogP contribution in [0.5, 0.6) is 0 Å². The number of benzene rings is 1. The van der Waals surface area contributed by atoms with Gasteiger partial charge in [0.1, 0.15) is 0 Å². The SMILES string of the molecule is COC(=O)NCc1cc(C(=O)NCc2ccccc2)ccn1. The van der Waals surface area contributed by atoms with E-state index in [4.69, 9.17) is 0 Å². The molecule has 0 aliphatic heterocycles. The maximum absolute atomic E-state index is 12.1. The highest BCUT2D eigenvalue weighted by Gasteiger charge is 2.07.